The summed E-state index contributed by atoms with van der Waals surface area (Å²) in [6.07, 6.45) is 6.62. The van der Waals surface area contributed by atoms with Crippen LogP contribution in [0.1, 0.15) is 29.4 Å². The van der Waals surface area contributed by atoms with E-state index in [1.165, 1.54) is 18.2 Å². The van der Waals surface area contributed by atoms with Crippen molar-refractivity contribution >= 4 is 29.1 Å². The number of hydrogen-bond donors (Lipinski definition) is 2. The van der Waals surface area contributed by atoms with Crippen LogP contribution >= 0.6 is 0 Å². The first-order valence-corrected chi connectivity index (χ1v) is 10.7. The average molecular weight is 447 g/mol. The first-order valence-electron chi connectivity index (χ1n) is 10.7. The third-order valence-corrected chi connectivity index (χ3v) is 5.68. The molecule has 33 heavy (non-hydrogen) atoms. The molecular formula is C23H22FN7O2. The Labute approximate surface area is 188 Å². The lowest BCUT2D eigenvalue weighted by Gasteiger charge is -2.32. The number of nitrogens with zero attached hydrogens (tertiary/aromatic N) is 5. The average Bonchev–Trinajstić information content (AvgIpc) is 3.45. The van der Waals surface area contributed by atoms with Gasteiger partial charge in [0.25, 0.3) is 5.91 Å². The number of imidazole rings is 1. The van der Waals surface area contributed by atoms with Crippen molar-refractivity contribution in [2.75, 3.05) is 23.7 Å². The van der Waals surface area contributed by atoms with Crippen LogP contribution in [-0.4, -0.2) is 49.1 Å². The Hall–Kier alpha value is -4.21. The molecule has 10 heteroatoms. The Morgan fingerprint density at radius 3 is 2.67 bits per heavy atom. The number of anilines is 2. The summed E-state index contributed by atoms with van der Waals surface area (Å²) in [5, 5.41) is 9.74. The van der Waals surface area contributed by atoms with Gasteiger partial charge in [-0.05, 0) is 43.2 Å². The second-order valence-corrected chi connectivity index (χ2v) is 7.87. The van der Waals surface area contributed by atoms with E-state index in [0.29, 0.717) is 43.1 Å². The Morgan fingerprint density at radius 1 is 1.03 bits per heavy atom. The Kier molecular flexibility index (Phi) is 5.47. The van der Waals surface area contributed by atoms with Gasteiger partial charge in [-0.15, -0.1) is 0 Å². The molecule has 0 radical (unpaired) electrons. The van der Waals surface area contributed by atoms with E-state index in [-0.39, 0.29) is 11.9 Å². The van der Waals surface area contributed by atoms with Gasteiger partial charge in [-0.3, -0.25) is 10.1 Å². The maximum absolute atomic E-state index is 13.3. The molecule has 4 heterocycles. The number of hydrogen-bond acceptors (Lipinski definition) is 4. The van der Waals surface area contributed by atoms with Crippen molar-refractivity contribution in [3.63, 3.8) is 0 Å². The molecule has 0 bridgehead atoms. The predicted molar refractivity (Wildman–Crippen MR) is 121 cm³/mol. The quantitative estimate of drug-likeness (QED) is 0.498. The summed E-state index contributed by atoms with van der Waals surface area (Å²) >= 11 is 0. The van der Waals surface area contributed by atoms with Gasteiger partial charge in [0.05, 0.1) is 12.2 Å². The topological polar surface area (TPSA) is 96.6 Å². The van der Waals surface area contributed by atoms with Crippen molar-refractivity contribution in [2.24, 2.45) is 0 Å². The number of fused-ring (bicyclic) bond motifs is 1. The van der Waals surface area contributed by atoms with E-state index in [0.717, 1.165) is 5.65 Å². The fraction of sp³-hybridized carbons (Fsp3) is 0.217. The van der Waals surface area contributed by atoms with Gasteiger partial charge in [0.1, 0.15) is 23.0 Å². The van der Waals surface area contributed by atoms with Crippen LogP contribution in [0.2, 0.25) is 0 Å². The minimum Gasteiger partial charge on any atom is -0.337 e. The zero-order chi connectivity index (χ0) is 22.8. The normalized spacial score (nSPS) is 14.4. The van der Waals surface area contributed by atoms with E-state index in [1.54, 1.807) is 34.1 Å². The zero-order valence-electron chi connectivity index (χ0n) is 17.7. The predicted octanol–water partition coefficient (Wildman–Crippen LogP) is 3.79. The second-order valence-electron chi connectivity index (χ2n) is 7.87. The second kappa shape index (κ2) is 8.73. The summed E-state index contributed by atoms with van der Waals surface area (Å²) < 4.78 is 16.9. The molecule has 1 aliphatic rings. The number of carbonyl (C=O) groups excluding carboxylic acids is 2. The van der Waals surface area contributed by atoms with Crippen molar-refractivity contribution in [2.45, 2.75) is 18.9 Å². The van der Waals surface area contributed by atoms with Gasteiger partial charge < -0.3 is 14.6 Å². The highest BCUT2D eigenvalue weighted by Crippen LogP contribution is 2.26. The van der Waals surface area contributed by atoms with Gasteiger partial charge in [0, 0.05) is 37.2 Å². The monoisotopic (exact) mass is 447 g/mol. The molecule has 0 atom stereocenters. The van der Waals surface area contributed by atoms with E-state index in [2.05, 4.69) is 20.7 Å². The summed E-state index contributed by atoms with van der Waals surface area (Å²) in [4.78, 5) is 31.5. The zero-order valence-corrected chi connectivity index (χ0v) is 17.7. The molecule has 0 spiro atoms. The Balaban J connectivity index is 1.20. The highest BCUT2D eigenvalue weighted by Gasteiger charge is 2.27. The molecule has 1 aromatic carbocycles. The molecule has 168 valence electrons. The molecule has 9 nitrogen and oxygen atoms in total. The van der Waals surface area contributed by atoms with Gasteiger partial charge in [-0.1, -0.05) is 12.1 Å². The fourth-order valence-electron chi connectivity index (χ4n) is 4.06. The lowest BCUT2D eigenvalue weighted by molar-refractivity contribution is 0.0685. The molecule has 1 saturated heterocycles. The number of amides is 3. The first-order chi connectivity index (χ1) is 16.1. The molecule has 4 aromatic rings. The van der Waals surface area contributed by atoms with Crippen LogP contribution in [0, 0.1) is 5.82 Å². The van der Waals surface area contributed by atoms with E-state index in [1.807, 2.05) is 28.8 Å². The Bertz CT molecular complexity index is 1270. The minimum atomic E-state index is -0.484. The molecule has 3 aromatic heterocycles. The van der Waals surface area contributed by atoms with Crippen molar-refractivity contribution in [3.05, 3.63) is 78.6 Å². The van der Waals surface area contributed by atoms with Crippen molar-refractivity contribution < 1.29 is 14.0 Å². The van der Waals surface area contributed by atoms with Crippen LogP contribution in [0.5, 0.6) is 0 Å². The van der Waals surface area contributed by atoms with Gasteiger partial charge in [0.2, 0.25) is 0 Å². The summed E-state index contributed by atoms with van der Waals surface area (Å²) in [6.45, 7) is 1.12. The van der Waals surface area contributed by atoms with Crippen LogP contribution in [0.4, 0.5) is 20.7 Å². The largest absolute Gasteiger partial charge is 0.337 e. The number of aromatic nitrogens is 4. The van der Waals surface area contributed by atoms with Crippen molar-refractivity contribution in [3.8, 4) is 0 Å². The number of likely N-dealkylation sites (tertiary alicyclic amines) is 1. The highest BCUT2D eigenvalue weighted by molar-refractivity contribution is 5.99. The molecular weight excluding hydrogens is 425 g/mol. The molecule has 0 saturated carbocycles. The van der Waals surface area contributed by atoms with Crippen molar-refractivity contribution in [1.29, 1.82) is 0 Å². The minimum absolute atomic E-state index is 0.0367. The van der Waals surface area contributed by atoms with Gasteiger partial charge in [-0.25, -0.2) is 18.9 Å². The molecule has 0 unspecified atom stereocenters. The first kappa shape index (κ1) is 20.7. The summed E-state index contributed by atoms with van der Waals surface area (Å²) in [5.41, 5.74) is 1.52. The smallest absolute Gasteiger partial charge is 0.324 e. The lowest BCUT2D eigenvalue weighted by atomic mass is 10.0. The molecule has 3 amide bonds. The van der Waals surface area contributed by atoms with E-state index < -0.39 is 11.8 Å². The number of rotatable bonds is 4. The van der Waals surface area contributed by atoms with Crippen LogP contribution in [0.3, 0.4) is 0 Å². The van der Waals surface area contributed by atoms with E-state index in [9.17, 15) is 14.0 Å². The SMILES string of the molecule is O=C(Nc1cccc(F)c1)Nc1ccnn1C1CCN(C(=O)c2cn3ccccc3n2)CC1. The number of halogens is 1. The molecule has 0 aliphatic carbocycles. The van der Waals surface area contributed by atoms with Gasteiger partial charge in [0.15, 0.2) is 0 Å². The number of urea groups is 1. The third-order valence-electron chi connectivity index (χ3n) is 5.68. The van der Waals surface area contributed by atoms with Crippen LogP contribution in [0.15, 0.2) is 67.1 Å². The van der Waals surface area contributed by atoms with Crippen LogP contribution in [-0.2, 0) is 0 Å². The summed E-state index contributed by atoms with van der Waals surface area (Å²) in [7, 11) is 0. The van der Waals surface area contributed by atoms with Gasteiger partial charge >= 0.3 is 6.03 Å². The number of nitrogens with one attached hydrogen (secondary N) is 2. The molecule has 2 N–H and O–H groups in total. The standard InChI is InChI=1S/C23H22FN7O2/c24-16-4-3-5-17(14-16)26-23(33)28-21-7-10-25-31(21)18-8-12-29(13-9-18)22(32)19-15-30-11-2-1-6-20(30)27-19/h1-7,10-11,14-15,18H,8-9,12-13H2,(H2,26,28,33). The molecule has 1 fully saturated rings. The number of benzene rings is 1. The van der Waals surface area contributed by atoms with E-state index in [4.69, 9.17) is 0 Å². The highest BCUT2D eigenvalue weighted by atomic mass is 19.1. The van der Waals surface area contributed by atoms with Crippen LogP contribution < -0.4 is 10.6 Å². The third kappa shape index (κ3) is 4.40. The van der Waals surface area contributed by atoms with Gasteiger partial charge in [-0.2, -0.15) is 5.10 Å². The molecule has 5 rings (SSSR count). The summed E-state index contributed by atoms with van der Waals surface area (Å²) in [6, 6.07) is 12.6. The number of carbonyl (C=O) groups is 2. The number of pyridine rings is 1. The Morgan fingerprint density at radius 2 is 1.88 bits per heavy atom. The maximum Gasteiger partial charge on any atom is 0.324 e. The maximum atomic E-state index is 13.3. The van der Waals surface area contributed by atoms with Crippen molar-refractivity contribution in [1.82, 2.24) is 24.1 Å². The fourth-order valence-corrected chi connectivity index (χ4v) is 4.06. The summed E-state index contributed by atoms with van der Waals surface area (Å²) in [5.74, 6) is 0.0160. The molecule has 1 aliphatic heterocycles. The van der Waals surface area contributed by atoms with Crippen LogP contribution in [0.25, 0.3) is 5.65 Å². The van der Waals surface area contributed by atoms with E-state index >= 15 is 0 Å². The number of piperidine rings is 1. The lowest BCUT2D eigenvalue weighted by Crippen LogP contribution is -2.39.